The van der Waals surface area contributed by atoms with Crippen LogP contribution in [0.5, 0.6) is 0 Å². The van der Waals surface area contributed by atoms with Gasteiger partial charge in [-0.25, -0.2) is 0 Å². The fraction of sp³-hybridized carbons (Fsp3) is 0.273. The fourth-order valence-electron chi connectivity index (χ4n) is 2.79. The molecule has 0 unspecified atom stereocenters. The van der Waals surface area contributed by atoms with Crippen molar-refractivity contribution in [1.82, 2.24) is 15.5 Å². The number of nitrogens with one attached hydrogen (secondary N) is 2. The molecule has 0 saturated heterocycles. The second-order valence-electron chi connectivity index (χ2n) is 6.80. The Balaban J connectivity index is 1.45. The summed E-state index contributed by atoms with van der Waals surface area (Å²) in [5.41, 5.74) is 3.48. The third kappa shape index (κ3) is 5.67. The first-order valence-corrected chi connectivity index (χ1v) is 10.1. The first-order chi connectivity index (χ1) is 14.5. The number of hydrogen-bond acceptors (Lipinski definition) is 5. The number of anilines is 1. The third-order valence-corrected chi connectivity index (χ3v) is 5.05. The molecule has 0 saturated carbocycles. The van der Waals surface area contributed by atoms with Crippen molar-refractivity contribution in [3.63, 3.8) is 0 Å². The Labute approximate surface area is 179 Å². The van der Waals surface area contributed by atoms with Crippen LogP contribution in [0, 0.1) is 6.92 Å². The molecule has 1 heterocycles. The lowest BCUT2D eigenvalue weighted by molar-refractivity contribution is -0.124. The molecule has 0 aliphatic heterocycles. The Morgan fingerprint density at radius 1 is 1.10 bits per heavy atom. The van der Waals surface area contributed by atoms with Crippen molar-refractivity contribution in [3.8, 4) is 11.4 Å². The number of rotatable bonds is 8. The van der Waals surface area contributed by atoms with Gasteiger partial charge in [-0.15, -0.1) is 0 Å². The van der Waals surface area contributed by atoms with Gasteiger partial charge in [0, 0.05) is 29.1 Å². The van der Waals surface area contributed by atoms with Gasteiger partial charge in [0.25, 0.3) is 0 Å². The molecule has 8 heteroatoms. The monoisotopic (exact) mass is 426 g/mol. The van der Waals surface area contributed by atoms with Crippen molar-refractivity contribution < 1.29 is 14.1 Å². The van der Waals surface area contributed by atoms with Crippen LogP contribution in [0.2, 0.25) is 5.02 Å². The van der Waals surface area contributed by atoms with Crippen molar-refractivity contribution in [1.29, 1.82) is 0 Å². The van der Waals surface area contributed by atoms with Gasteiger partial charge in [0.2, 0.25) is 23.5 Å². The molecule has 0 radical (unpaired) electrons. The van der Waals surface area contributed by atoms with E-state index < -0.39 is 0 Å². The van der Waals surface area contributed by atoms with E-state index in [1.807, 2.05) is 31.2 Å². The summed E-state index contributed by atoms with van der Waals surface area (Å²) in [7, 11) is 0. The van der Waals surface area contributed by atoms with Gasteiger partial charge in [0.1, 0.15) is 0 Å². The van der Waals surface area contributed by atoms with E-state index >= 15 is 0 Å². The maximum absolute atomic E-state index is 12.1. The number of aromatic nitrogens is 2. The summed E-state index contributed by atoms with van der Waals surface area (Å²) in [6, 6.07) is 13.2. The van der Waals surface area contributed by atoms with E-state index in [9.17, 15) is 9.59 Å². The van der Waals surface area contributed by atoms with Gasteiger partial charge in [-0.1, -0.05) is 54.0 Å². The average molecular weight is 427 g/mol. The molecule has 0 bridgehead atoms. The van der Waals surface area contributed by atoms with E-state index in [4.69, 9.17) is 16.1 Å². The molecule has 1 aromatic heterocycles. The molecule has 2 amide bonds. The van der Waals surface area contributed by atoms with Gasteiger partial charge in [0.05, 0.1) is 6.54 Å². The van der Waals surface area contributed by atoms with Crippen molar-refractivity contribution in [3.05, 3.63) is 64.5 Å². The number of carbonyl (C=O) groups is 2. The van der Waals surface area contributed by atoms with E-state index in [2.05, 4.69) is 27.7 Å². The van der Waals surface area contributed by atoms with Crippen LogP contribution < -0.4 is 10.6 Å². The molecule has 0 atom stereocenters. The summed E-state index contributed by atoms with van der Waals surface area (Å²) >= 11 is 6.04. The largest absolute Gasteiger partial charge is 0.347 e. The normalized spacial score (nSPS) is 10.6. The Kier molecular flexibility index (Phi) is 7.19. The Morgan fingerprint density at radius 2 is 1.87 bits per heavy atom. The summed E-state index contributed by atoms with van der Waals surface area (Å²) in [4.78, 5) is 28.4. The lowest BCUT2D eigenvalue weighted by atomic mass is 10.1. The number of hydrogen-bond donors (Lipinski definition) is 2. The van der Waals surface area contributed by atoms with Crippen LogP contribution >= 0.6 is 11.6 Å². The van der Waals surface area contributed by atoms with E-state index in [1.54, 1.807) is 18.2 Å². The second-order valence-corrected chi connectivity index (χ2v) is 7.21. The molecule has 30 heavy (non-hydrogen) atoms. The van der Waals surface area contributed by atoms with E-state index in [1.165, 1.54) is 5.56 Å². The van der Waals surface area contributed by atoms with Gasteiger partial charge in [-0.3, -0.25) is 9.59 Å². The number of nitrogens with zero attached hydrogens (tertiary/aromatic N) is 2. The van der Waals surface area contributed by atoms with Crippen molar-refractivity contribution in [2.24, 2.45) is 0 Å². The van der Waals surface area contributed by atoms with Crippen LogP contribution in [0.15, 0.2) is 47.0 Å². The van der Waals surface area contributed by atoms with Crippen LogP contribution in [0.3, 0.4) is 0 Å². The Hall–Kier alpha value is -3.19. The summed E-state index contributed by atoms with van der Waals surface area (Å²) in [6.07, 6.45) is 1.39. The van der Waals surface area contributed by atoms with Crippen molar-refractivity contribution in [2.45, 2.75) is 33.1 Å². The molecule has 156 valence electrons. The lowest BCUT2D eigenvalue weighted by Crippen LogP contribution is -2.33. The fourth-order valence-corrected chi connectivity index (χ4v) is 2.96. The topological polar surface area (TPSA) is 97.1 Å². The van der Waals surface area contributed by atoms with Crippen molar-refractivity contribution >= 4 is 29.1 Å². The molecule has 7 nitrogen and oxygen atoms in total. The van der Waals surface area contributed by atoms with Crippen LogP contribution in [0.25, 0.3) is 11.4 Å². The number of benzene rings is 2. The van der Waals surface area contributed by atoms with Crippen LogP contribution in [0.1, 0.15) is 30.4 Å². The van der Waals surface area contributed by atoms with Crippen LogP contribution in [-0.2, 0) is 22.4 Å². The lowest BCUT2D eigenvalue weighted by Gasteiger charge is -2.10. The molecule has 2 N–H and O–H groups in total. The minimum atomic E-state index is -0.329. The highest BCUT2D eigenvalue weighted by Gasteiger charge is 2.12. The van der Waals surface area contributed by atoms with Crippen LogP contribution in [0.4, 0.5) is 5.69 Å². The zero-order chi connectivity index (χ0) is 21.5. The molecule has 0 spiro atoms. The predicted molar refractivity (Wildman–Crippen MR) is 115 cm³/mol. The number of halogens is 1. The van der Waals surface area contributed by atoms with Gasteiger partial charge in [-0.05, 0) is 36.6 Å². The predicted octanol–water partition coefficient (Wildman–Crippen LogP) is 3.95. The minimum Gasteiger partial charge on any atom is -0.347 e. The summed E-state index contributed by atoms with van der Waals surface area (Å²) in [6.45, 7) is 3.77. The Bertz CT molecular complexity index is 1030. The number of aryl methyl sites for hydroxylation is 2. The summed E-state index contributed by atoms with van der Waals surface area (Å²) in [5.74, 6) is 0.257. The first kappa shape index (κ1) is 21.5. The highest BCUT2D eigenvalue weighted by molar-refractivity contribution is 6.31. The average Bonchev–Trinajstić information content (AvgIpc) is 3.23. The second kappa shape index (κ2) is 10.0. The van der Waals surface area contributed by atoms with Crippen molar-refractivity contribution in [2.75, 3.05) is 11.9 Å². The summed E-state index contributed by atoms with van der Waals surface area (Å²) < 4.78 is 5.22. The summed E-state index contributed by atoms with van der Waals surface area (Å²) in [5, 5.41) is 9.85. The SMILES string of the molecule is CCc1ccc(-c2noc(CCC(=O)NCC(=O)Nc3cccc(Cl)c3C)n2)cc1. The van der Waals surface area contributed by atoms with E-state index in [-0.39, 0.29) is 24.8 Å². The van der Waals surface area contributed by atoms with Crippen LogP contribution in [-0.4, -0.2) is 28.5 Å². The molecule has 0 aliphatic rings. The number of amides is 2. The smallest absolute Gasteiger partial charge is 0.243 e. The number of carbonyl (C=O) groups excluding carboxylic acids is 2. The maximum Gasteiger partial charge on any atom is 0.243 e. The molecule has 0 fully saturated rings. The molecular weight excluding hydrogens is 404 g/mol. The molecule has 3 rings (SSSR count). The minimum absolute atomic E-state index is 0.135. The first-order valence-electron chi connectivity index (χ1n) is 9.70. The maximum atomic E-state index is 12.1. The van der Waals surface area contributed by atoms with Gasteiger partial charge >= 0.3 is 0 Å². The molecule has 3 aromatic rings. The van der Waals surface area contributed by atoms with E-state index in [0.29, 0.717) is 28.8 Å². The van der Waals surface area contributed by atoms with Gasteiger partial charge in [-0.2, -0.15) is 4.98 Å². The molecule has 0 aliphatic carbocycles. The highest BCUT2D eigenvalue weighted by Crippen LogP contribution is 2.22. The Morgan fingerprint density at radius 3 is 2.60 bits per heavy atom. The van der Waals surface area contributed by atoms with E-state index in [0.717, 1.165) is 17.5 Å². The highest BCUT2D eigenvalue weighted by atomic mass is 35.5. The molecular formula is C22H23ClN4O3. The quantitative estimate of drug-likeness (QED) is 0.568. The third-order valence-electron chi connectivity index (χ3n) is 4.64. The van der Waals surface area contributed by atoms with Gasteiger partial charge < -0.3 is 15.2 Å². The molecule has 2 aromatic carbocycles. The zero-order valence-corrected chi connectivity index (χ0v) is 17.6. The zero-order valence-electron chi connectivity index (χ0n) is 16.9. The standard InChI is InChI=1S/C22H23ClN4O3/c1-3-15-7-9-16(10-8-15)22-26-21(30-27-22)12-11-19(28)24-13-20(29)25-18-6-4-5-17(23)14(18)2/h4-10H,3,11-13H2,1-2H3,(H,24,28)(H,25,29). The van der Waals surface area contributed by atoms with Gasteiger partial charge in [0.15, 0.2) is 0 Å².